The average molecular weight is 262 g/mol. The zero-order valence-corrected chi connectivity index (χ0v) is 11.2. The summed E-state index contributed by atoms with van der Waals surface area (Å²) in [5, 5.41) is 2.89. The number of benzene rings is 1. The van der Waals surface area contributed by atoms with Crippen LogP contribution in [0, 0.1) is 6.92 Å². The van der Waals surface area contributed by atoms with Gasteiger partial charge in [-0.15, -0.1) is 0 Å². The summed E-state index contributed by atoms with van der Waals surface area (Å²) < 4.78 is 4.79. The summed E-state index contributed by atoms with van der Waals surface area (Å²) in [7, 11) is 0. The maximum atomic E-state index is 12.0. The molecule has 0 unspecified atom stereocenters. The molecule has 0 aliphatic carbocycles. The molecule has 1 aromatic rings. The van der Waals surface area contributed by atoms with Crippen molar-refractivity contribution < 1.29 is 14.3 Å². The number of cyclic esters (lactones) is 1. The Morgan fingerprint density at radius 3 is 2.89 bits per heavy atom. The van der Waals surface area contributed by atoms with Gasteiger partial charge in [-0.05, 0) is 24.5 Å². The lowest BCUT2D eigenvalue weighted by Crippen LogP contribution is -2.34. The topological polar surface area (TPSA) is 58.6 Å². The minimum atomic E-state index is -0.421. The summed E-state index contributed by atoms with van der Waals surface area (Å²) in [6.45, 7) is 4.87. The van der Waals surface area contributed by atoms with E-state index in [4.69, 9.17) is 4.74 Å². The molecule has 0 spiro atoms. The van der Waals surface area contributed by atoms with E-state index in [-0.39, 0.29) is 12.5 Å². The highest BCUT2D eigenvalue weighted by molar-refractivity contribution is 5.95. The molecule has 5 nitrogen and oxygen atoms in total. The van der Waals surface area contributed by atoms with Crippen molar-refractivity contribution in [1.29, 1.82) is 0 Å². The Labute approximate surface area is 112 Å². The first-order chi connectivity index (χ1) is 9.11. The second-order valence-corrected chi connectivity index (χ2v) is 4.55. The summed E-state index contributed by atoms with van der Waals surface area (Å²) in [6, 6.07) is 5.92. The Balaban J connectivity index is 2.04. The van der Waals surface area contributed by atoms with Crippen molar-refractivity contribution in [1.82, 2.24) is 4.90 Å². The van der Waals surface area contributed by atoms with Crippen molar-refractivity contribution >= 4 is 17.7 Å². The van der Waals surface area contributed by atoms with Crippen LogP contribution in [0.25, 0.3) is 0 Å². The Morgan fingerprint density at radius 2 is 2.26 bits per heavy atom. The van der Waals surface area contributed by atoms with Gasteiger partial charge in [-0.25, -0.2) is 4.79 Å². The first kappa shape index (κ1) is 13.4. The average Bonchev–Trinajstić information content (AvgIpc) is 2.77. The van der Waals surface area contributed by atoms with Gasteiger partial charge in [0.15, 0.2) is 0 Å². The van der Waals surface area contributed by atoms with Crippen LogP contribution in [-0.2, 0) is 16.0 Å². The fraction of sp³-hybridized carbons (Fsp3) is 0.429. The molecule has 1 saturated heterocycles. The van der Waals surface area contributed by atoms with Crippen LogP contribution in [0.4, 0.5) is 10.5 Å². The third kappa shape index (κ3) is 3.05. The van der Waals surface area contributed by atoms with Gasteiger partial charge in [-0.3, -0.25) is 9.69 Å². The van der Waals surface area contributed by atoms with E-state index in [1.165, 1.54) is 4.90 Å². The maximum absolute atomic E-state index is 12.0. The van der Waals surface area contributed by atoms with Gasteiger partial charge in [-0.2, -0.15) is 0 Å². The normalized spacial score (nSPS) is 14.4. The number of amides is 2. The summed E-state index contributed by atoms with van der Waals surface area (Å²) in [4.78, 5) is 24.7. The summed E-state index contributed by atoms with van der Waals surface area (Å²) >= 11 is 0. The molecule has 1 N–H and O–H groups in total. The molecule has 1 fully saturated rings. The lowest BCUT2D eigenvalue weighted by molar-refractivity contribution is -0.116. The molecule has 0 bridgehead atoms. The highest BCUT2D eigenvalue weighted by Gasteiger charge is 2.24. The molecule has 102 valence electrons. The van der Waals surface area contributed by atoms with E-state index < -0.39 is 6.09 Å². The van der Waals surface area contributed by atoms with Crippen LogP contribution in [0.2, 0.25) is 0 Å². The number of hydrogen-bond donors (Lipinski definition) is 1. The lowest BCUT2D eigenvalue weighted by atomic mass is 10.1. The molecule has 1 heterocycles. The molecule has 1 aliphatic rings. The molecule has 0 aromatic heterocycles. The number of nitrogens with one attached hydrogen (secondary N) is 1. The SMILES string of the molecule is CCc1cccc(C)c1NC(=O)CN1CCOC1=O. The van der Waals surface area contributed by atoms with E-state index in [1.54, 1.807) is 0 Å². The lowest BCUT2D eigenvalue weighted by Gasteiger charge is -2.15. The highest BCUT2D eigenvalue weighted by Crippen LogP contribution is 2.21. The molecule has 19 heavy (non-hydrogen) atoms. The maximum Gasteiger partial charge on any atom is 0.410 e. The van der Waals surface area contributed by atoms with Crippen LogP contribution in [0.15, 0.2) is 18.2 Å². The number of hydrogen-bond acceptors (Lipinski definition) is 3. The van der Waals surface area contributed by atoms with Crippen LogP contribution < -0.4 is 5.32 Å². The zero-order valence-electron chi connectivity index (χ0n) is 11.2. The quantitative estimate of drug-likeness (QED) is 0.902. The van der Waals surface area contributed by atoms with Crippen LogP contribution in [-0.4, -0.2) is 36.6 Å². The van der Waals surface area contributed by atoms with Gasteiger partial charge in [0.1, 0.15) is 13.2 Å². The van der Waals surface area contributed by atoms with E-state index in [2.05, 4.69) is 5.32 Å². The van der Waals surface area contributed by atoms with Crippen molar-refractivity contribution in [2.75, 3.05) is 25.0 Å². The standard InChI is InChI=1S/C14H18N2O3/c1-3-11-6-4-5-10(2)13(11)15-12(17)9-16-7-8-19-14(16)18/h4-6H,3,7-9H2,1-2H3,(H,15,17). The predicted molar refractivity (Wildman–Crippen MR) is 72.1 cm³/mol. The predicted octanol–water partition coefficient (Wildman–Crippen LogP) is 1.95. The van der Waals surface area contributed by atoms with Gasteiger partial charge in [0.05, 0.1) is 6.54 Å². The Hall–Kier alpha value is -2.04. The first-order valence-corrected chi connectivity index (χ1v) is 6.42. The number of anilines is 1. The molecule has 2 amide bonds. The van der Waals surface area contributed by atoms with Gasteiger partial charge in [-0.1, -0.05) is 25.1 Å². The monoisotopic (exact) mass is 262 g/mol. The third-order valence-electron chi connectivity index (χ3n) is 3.18. The second-order valence-electron chi connectivity index (χ2n) is 4.55. The van der Waals surface area contributed by atoms with E-state index in [1.807, 2.05) is 32.0 Å². The van der Waals surface area contributed by atoms with Gasteiger partial charge >= 0.3 is 6.09 Å². The van der Waals surface area contributed by atoms with Gasteiger partial charge in [0, 0.05) is 5.69 Å². The number of carbonyl (C=O) groups excluding carboxylic acids is 2. The van der Waals surface area contributed by atoms with Crippen molar-refractivity contribution in [3.8, 4) is 0 Å². The third-order valence-corrected chi connectivity index (χ3v) is 3.18. The van der Waals surface area contributed by atoms with Gasteiger partial charge in [0.2, 0.25) is 5.91 Å². The molecular weight excluding hydrogens is 244 g/mol. The fourth-order valence-corrected chi connectivity index (χ4v) is 2.12. The number of carbonyl (C=O) groups is 2. The smallest absolute Gasteiger partial charge is 0.410 e. The van der Waals surface area contributed by atoms with Gasteiger partial charge in [0.25, 0.3) is 0 Å². The van der Waals surface area contributed by atoms with E-state index in [0.29, 0.717) is 13.2 Å². The van der Waals surface area contributed by atoms with E-state index >= 15 is 0 Å². The van der Waals surface area contributed by atoms with Crippen LogP contribution in [0.1, 0.15) is 18.1 Å². The summed E-state index contributed by atoms with van der Waals surface area (Å²) in [5.74, 6) is -0.192. The Kier molecular flexibility index (Phi) is 4.04. The summed E-state index contributed by atoms with van der Waals surface area (Å²) in [5.41, 5.74) is 2.97. The molecule has 5 heteroatoms. The van der Waals surface area contributed by atoms with Crippen molar-refractivity contribution in [3.63, 3.8) is 0 Å². The van der Waals surface area contributed by atoms with Crippen molar-refractivity contribution in [2.24, 2.45) is 0 Å². The molecule has 0 saturated carbocycles. The number of aryl methyl sites for hydroxylation is 2. The minimum Gasteiger partial charge on any atom is -0.448 e. The number of rotatable bonds is 4. The minimum absolute atomic E-state index is 0.0380. The molecule has 1 aliphatic heterocycles. The highest BCUT2D eigenvalue weighted by atomic mass is 16.6. The van der Waals surface area contributed by atoms with Crippen molar-refractivity contribution in [3.05, 3.63) is 29.3 Å². The molecule has 1 aromatic carbocycles. The molecule has 2 rings (SSSR count). The molecular formula is C14H18N2O3. The summed E-state index contributed by atoms with van der Waals surface area (Å²) in [6.07, 6.45) is 0.430. The van der Waals surface area contributed by atoms with Gasteiger partial charge < -0.3 is 10.1 Å². The zero-order chi connectivity index (χ0) is 13.8. The van der Waals surface area contributed by atoms with Crippen LogP contribution in [0.5, 0.6) is 0 Å². The van der Waals surface area contributed by atoms with E-state index in [0.717, 1.165) is 23.2 Å². The second kappa shape index (κ2) is 5.73. The number of ether oxygens (including phenoxy) is 1. The first-order valence-electron chi connectivity index (χ1n) is 6.42. The van der Waals surface area contributed by atoms with Crippen LogP contribution >= 0.6 is 0 Å². The molecule has 0 radical (unpaired) electrons. The van der Waals surface area contributed by atoms with E-state index in [9.17, 15) is 9.59 Å². The number of para-hydroxylation sites is 1. The van der Waals surface area contributed by atoms with Crippen molar-refractivity contribution in [2.45, 2.75) is 20.3 Å². The van der Waals surface area contributed by atoms with Crippen LogP contribution in [0.3, 0.4) is 0 Å². The Morgan fingerprint density at radius 1 is 1.47 bits per heavy atom. The fourth-order valence-electron chi connectivity index (χ4n) is 2.12. The largest absolute Gasteiger partial charge is 0.448 e. The number of nitrogens with zero attached hydrogens (tertiary/aromatic N) is 1. The molecule has 0 atom stereocenters. The Bertz CT molecular complexity index is 499.